The third-order valence-corrected chi connectivity index (χ3v) is 4.11. The van der Waals surface area contributed by atoms with Gasteiger partial charge in [-0.05, 0) is 43.0 Å². The lowest BCUT2D eigenvalue weighted by atomic mass is 10.1. The molecule has 2 heteroatoms. The van der Waals surface area contributed by atoms with Crippen molar-refractivity contribution in [2.24, 2.45) is 5.73 Å². The molecule has 0 amide bonds. The van der Waals surface area contributed by atoms with Crippen molar-refractivity contribution in [1.29, 1.82) is 0 Å². The Hall–Kier alpha value is -1.80. The van der Waals surface area contributed by atoms with Crippen LogP contribution < -0.4 is 10.6 Å². The van der Waals surface area contributed by atoms with Crippen molar-refractivity contribution in [3.63, 3.8) is 0 Å². The molecule has 0 heterocycles. The highest BCUT2D eigenvalue weighted by Gasteiger charge is 2.32. The van der Waals surface area contributed by atoms with Gasteiger partial charge in [-0.25, -0.2) is 0 Å². The number of nitrogens with zero attached hydrogens (tertiary/aromatic N) is 1. The summed E-state index contributed by atoms with van der Waals surface area (Å²) in [6.07, 6.45) is 2.60. The Bertz CT molecular complexity index is 543. The van der Waals surface area contributed by atoms with Crippen LogP contribution in [0.5, 0.6) is 0 Å². The van der Waals surface area contributed by atoms with Crippen molar-refractivity contribution >= 4 is 5.69 Å². The van der Waals surface area contributed by atoms with E-state index < -0.39 is 0 Å². The van der Waals surface area contributed by atoms with Crippen LogP contribution in [0.2, 0.25) is 0 Å². The van der Waals surface area contributed by atoms with Gasteiger partial charge in [0.05, 0.1) is 6.04 Å². The average molecular weight is 266 g/mol. The maximum Gasteiger partial charge on any atom is 0.0517 e. The molecular weight excluding hydrogens is 244 g/mol. The van der Waals surface area contributed by atoms with Gasteiger partial charge in [0, 0.05) is 18.3 Å². The van der Waals surface area contributed by atoms with E-state index in [1.165, 1.54) is 29.7 Å². The van der Waals surface area contributed by atoms with Gasteiger partial charge < -0.3 is 10.6 Å². The summed E-state index contributed by atoms with van der Waals surface area (Å²) < 4.78 is 0. The van der Waals surface area contributed by atoms with Crippen LogP contribution in [0.1, 0.15) is 36.9 Å². The summed E-state index contributed by atoms with van der Waals surface area (Å²) in [5, 5.41) is 0. The molecule has 2 nitrogen and oxygen atoms in total. The Labute approximate surface area is 121 Å². The highest BCUT2D eigenvalue weighted by atomic mass is 15.2. The van der Waals surface area contributed by atoms with Gasteiger partial charge in [-0.1, -0.05) is 42.5 Å². The molecule has 0 aromatic heterocycles. The van der Waals surface area contributed by atoms with Crippen molar-refractivity contribution in [1.82, 2.24) is 0 Å². The van der Waals surface area contributed by atoms with Crippen LogP contribution in [0.25, 0.3) is 0 Å². The largest absolute Gasteiger partial charge is 0.362 e. The summed E-state index contributed by atoms with van der Waals surface area (Å²) in [6.45, 7) is 2.91. The minimum absolute atomic E-state index is 0.410. The topological polar surface area (TPSA) is 29.3 Å². The fourth-order valence-corrected chi connectivity index (χ4v) is 2.80. The molecule has 1 saturated carbocycles. The normalized spacial score (nSPS) is 15.9. The zero-order chi connectivity index (χ0) is 13.9. The van der Waals surface area contributed by atoms with Gasteiger partial charge in [0.25, 0.3) is 0 Å². The van der Waals surface area contributed by atoms with E-state index in [2.05, 4.69) is 66.4 Å². The van der Waals surface area contributed by atoms with Crippen molar-refractivity contribution in [3.05, 3.63) is 65.7 Å². The summed E-state index contributed by atoms with van der Waals surface area (Å²) in [7, 11) is 0. The Morgan fingerprint density at radius 1 is 1.05 bits per heavy atom. The lowest BCUT2D eigenvalue weighted by Gasteiger charge is -2.32. The zero-order valence-electron chi connectivity index (χ0n) is 12.0. The van der Waals surface area contributed by atoms with Crippen LogP contribution in [0, 0.1) is 0 Å². The molecule has 0 spiro atoms. The number of hydrogen-bond acceptors (Lipinski definition) is 2. The molecule has 1 aliphatic rings. The summed E-state index contributed by atoms with van der Waals surface area (Å²) in [4.78, 5) is 2.55. The Morgan fingerprint density at radius 2 is 1.70 bits per heavy atom. The van der Waals surface area contributed by atoms with Gasteiger partial charge in [0.15, 0.2) is 0 Å². The van der Waals surface area contributed by atoms with E-state index >= 15 is 0 Å². The lowest BCUT2D eigenvalue weighted by molar-refractivity contribution is 0.665. The first-order valence-corrected chi connectivity index (χ1v) is 7.42. The molecule has 0 bridgehead atoms. The quantitative estimate of drug-likeness (QED) is 0.890. The molecule has 1 aliphatic carbocycles. The third kappa shape index (κ3) is 2.70. The zero-order valence-corrected chi connectivity index (χ0v) is 12.0. The highest BCUT2D eigenvalue weighted by Crippen LogP contribution is 2.38. The molecule has 1 atom stereocenters. The van der Waals surface area contributed by atoms with Crippen LogP contribution in [0.3, 0.4) is 0 Å². The van der Waals surface area contributed by atoms with Gasteiger partial charge in [0.1, 0.15) is 0 Å². The van der Waals surface area contributed by atoms with Crippen LogP contribution >= 0.6 is 0 Å². The number of hydrogen-bond donors (Lipinski definition) is 1. The molecule has 2 N–H and O–H groups in total. The van der Waals surface area contributed by atoms with Crippen LogP contribution in [-0.2, 0) is 6.54 Å². The first-order valence-electron chi connectivity index (χ1n) is 7.42. The van der Waals surface area contributed by atoms with E-state index in [1.807, 2.05) is 0 Å². The van der Waals surface area contributed by atoms with Gasteiger partial charge in [0.2, 0.25) is 0 Å². The van der Waals surface area contributed by atoms with Gasteiger partial charge >= 0.3 is 0 Å². The predicted octanol–water partition coefficient (Wildman–Crippen LogP) is 3.88. The van der Waals surface area contributed by atoms with E-state index in [4.69, 9.17) is 5.73 Å². The number of anilines is 1. The minimum Gasteiger partial charge on any atom is -0.362 e. The lowest BCUT2D eigenvalue weighted by Crippen LogP contribution is -2.29. The Balaban J connectivity index is 1.88. The first kappa shape index (κ1) is 13.2. The second-order valence-corrected chi connectivity index (χ2v) is 5.60. The molecule has 2 aromatic carbocycles. The molecular formula is C18H22N2. The number of rotatable bonds is 5. The molecule has 2 aromatic rings. The second-order valence-electron chi connectivity index (χ2n) is 5.60. The summed E-state index contributed by atoms with van der Waals surface area (Å²) in [5.74, 6) is 0. The molecule has 3 rings (SSSR count). The monoisotopic (exact) mass is 266 g/mol. The number of benzene rings is 2. The molecule has 0 radical (unpaired) electrons. The van der Waals surface area contributed by atoms with Crippen LogP contribution in [-0.4, -0.2) is 6.04 Å². The molecule has 0 saturated heterocycles. The molecule has 1 fully saturated rings. The van der Waals surface area contributed by atoms with Gasteiger partial charge in [-0.3, -0.25) is 0 Å². The van der Waals surface area contributed by atoms with Crippen LogP contribution in [0.4, 0.5) is 5.69 Å². The SMILES string of the molecule is CC(c1ccccc1)N(c1ccc(CN)cc1)C1CC1. The molecule has 1 unspecified atom stereocenters. The first-order chi connectivity index (χ1) is 9.79. The van der Waals surface area contributed by atoms with E-state index in [-0.39, 0.29) is 0 Å². The Morgan fingerprint density at radius 3 is 2.25 bits per heavy atom. The minimum atomic E-state index is 0.410. The number of nitrogens with two attached hydrogens (primary N) is 1. The van der Waals surface area contributed by atoms with E-state index in [0.29, 0.717) is 18.6 Å². The van der Waals surface area contributed by atoms with E-state index in [0.717, 1.165) is 0 Å². The van der Waals surface area contributed by atoms with E-state index in [9.17, 15) is 0 Å². The Kier molecular flexibility index (Phi) is 3.75. The predicted molar refractivity (Wildman–Crippen MR) is 84.7 cm³/mol. The summed E-state index contributed by atoms with van der Waals surface area (Å²) in [6, 6.07) is 20.5. The maximum atomic E-state index is 5.69. The highest BCUT2D eigenvalue weighted by molar-refractivity contribution is 5.52. The fourth-order valence-electron chi connectivity index (χ4n) is 2.80. The standard InChI is InChI=1S/C18H22N2/c1-14(16-5-3-2-4-6-16)20(18-11-12-18)17-9-7-15(13-19)8-10-17/h2-10,14,18H,11-13,19H2,1H3. The van der Waals surface area contributed by atoms with Gasteiger partial charge in [-0.15, -0.1) is 0 Å². The third-order valence-electron chi connectivity index (χ3n) is 4.11. The van der Waals surface area contributed by atoms with Crippen LogP contribution in [0.15, 0.2) is 54.6 Å². The fraction of sp³-hybridized carbons (Fsp3) is 0.333. The van der Waals surface area contributed by atoms with Gasteiger partial charge in [-0.2, -0.15) is 0 Å². The van der Waals surface area contributed by atoms with Crippen molar-refractivity contribution in [2.75, 3.05) is 4.90 Å². The summed E-state index contributed by atoms with van der Waals surface area (Å²) >= 11 is 0. The second kappa shape index (κ2) is 5.68. The van der Waals surface area contributed by atoms with E-state index in [1.54, 1.807) is 0 Å². The van der Waals surface area contributed by atoms with Crippen molar-refractivity contribution in [3.8, 4) is 0 Å². The molecule has 0 aliphatic heterocycles. The molecule has 104 valence electrons. The van der Waals surface area contributed by atoms with Crippen molar-refractivity contribution in [2.45, 2.75) is 38.4 Å². The average Bonchev–Trinajstić information content (AvgIpc) is 3.34. The smallest absolute Gasteiger partial charge is 0.0517 e. The summed E-state index contributed by atoms with van der Waals surface area (Å²) in [5.41, 5.74) is 9.56. The maximum absolute atomic E-state index is 5.69. The molecule has 20 heavy (non-hydrogen) atoms. The van der Waals surface area contributed by atoms with Crippen molar-refractivity contribution < 1.29 is 0 Å².